The van der Waals surface area contributed by atoms with Crippen molar-refractivity contribution in [2.45, 2.75) is 20.0 Å². The molecule has 0 aromatic carbocycles. The molecule has 0 unspecified atom stereocenters. The lowest BCUT2D eigenvalue weighted by Gasteiger charge is -1.98. The monoisotopic (exact) mass is 271 g/mol. The van der Waals surface area contributed by atoms with E-state index in [0.29, 0.717) is 24.8 Å². The molecule has 0 spiro atoms. The van der Waals surface area contributed by atoms with Gasteiger partial charge in [-0.25, -0.2) is 0 Å². The molecule has 2 rings (SSSR count). The van der Waals surface area contributed by atoms with E-state index < -0.39 is 0 Å². The van der Waals surface area contributed by atoms with Crippen molar-refractivity contribution in [1.29, 1.82) is 0 Å². The van der Waals surface area contributed by atoms with Crippen molar-refractivity contribution in [1.82, 2.24) is 15.5 Å². The van der Waals surface area contributed by atoms with Crippen LogP contribution in [0, 0.1) is 6.92 Å². The second kappa shape index (κ2) is 4.59. The zero-order valence-corrected chi connectivity index (χ0v) is 9.74. The third-order valence-corrected chi connectivity index (χ3v) is 2.54. The number of aromatic nitrogens is 2. The van der Waals surface area contributed by atoms with Crippen molar-refractivity contribution < 1.29 is 8.94 Å². The van der Waals surface area contributed by atoms with Gasteiger partial charge in [-0.15, -0.1) is 0 Å². The zero-order chi connectivity index (χ0) is 10.7. The Bertz CT molecular complexity index is 438. The summed E-state index contributed by atoms with van der Waals surface area (Å²) in [4.78, 5) is 4.07. The van der Waals surface area contributed by atoms with Crippen LogP contribution in [-0.4, -0.2) is 10.1 Å². The van der Waals surface area contributed by atoms with E-state index in [9.17, 15) is 0 Å². The third-order valence-electron chi connectivity index (χ3n) is 1.83. The normalized spacial score (nSPS) is 10.8. The summed E-state index contributed by atoms with van der Waals surface area (Å²) in [5.41, 5.74) is 0. The Labute approximate surface area is 95.0 Å². The van der Waals surface area contributed by atoms with Crippen LogP contribution in [0.1, 0.15) is 17.5 Å². The third kappa shape index (κ3) is 2.66. The van der Waals surface area contributed by atoms with Crippen LogP contribution in [0.25, 0.3) is 0 Å². The fraction of sp³-hybridized carbons (Fsp3) is 0.333. The number of hydrogen-bond acceptors (Lipinski definition) is 5. The number of nitrogens with one attached hydrogen (secondary N) is 1. The molecule has 0 amide bonds. The average molecular weight is 272 g/mol. The predicted molar refractivity (Wildman–Crippen MR) is 56.0 cm³/mol. The second-order valence-corrected chi connectivity index (χ2v) is 3.88. The number of aryl methyl sites for hydroxylation is 1. The van der Waals surface area contributed by atoms with E-state index in [1.807, 2.05) is 6.07 Å². The largest absolute Gasteiger partial charge is 0.467 e. The first-order chi connectivity index (χ1) is 7.25. The van der Waals surface area contributed by atoms with Crippen molar-refractivity contribution in [3.05, 3.63) is 34.3 Å². The lowest BCUT2D eigenvalue weighted by atomic mass is 10.4. The highest BCUT2D eigenvalue weighted by Gasteiger charge is 2.04. The van der Waals surface area contributed by atoms with E-state index in [1.165, 1.54) is 0 Å². The van der Waals surface area contributed by atoms with Gasteiger partial charge in [0.05, 0.1) is 23.8 Å². The lowest BCUT2D eigenvalue weighted by molar-refractivity contribution is 0.384. The first-order valence-corrected chi connectivity index (χ1v) is 5.27. The van der Waals surface area contributed by atoms with Crippen LogP contribution in [-0.2, 0) is 13.1 Å². The molecule has 0 radical (unpaired) electrons. The van der Waals surface area contributed by atoms with Crippen LogP contribution in [0.4, 0.5) is 0 Å². The topological polar surface area (TPSA) is 64.1 Å². The van der Waals surface area contributed by atoms with E-state index in [-0.39, 0.29) is 0 Å². The molecule has 5 nitrogen and oxygen atoms in total. The molecule has 0 bridgehead atoms. The minimum atomic E-state index is 0.560. The Morgan fingerprint density at radius 2 is 2.33 bits per heavy atom. The second-order valence-electron chi connectivity index (χ2n) is 3.02. The minimum Gasteiger partial charge on any atom is -0.467 e. The van der Waals surface area contributed by atoms with E-state index >= 15 is 0 Å². The molecule has 15 heavy (non-hydrogen) atoms. The summed E-state index contributed by atoms with van der Waals surface area (Å²) < 4.78 is 11.0. The summed E-state index contributed by atoms with van der Waals surface area (Å²) in [7, 11) is 0. The smallest absolute Gasteiger partial charge is 0.223 e. The van der Waals surface area contributed by atoms with E-state index in [0.717, 1.165) is 10.2 Å². The Morgan fingerprint density at radius 1 is 1.47 bits per heavy atom. The number of halogens is 1. The first-order valence-electron chi connectivity index (χ1n) is 4.47. The maximum Gasteiger partial charge on any atom is 0.223 e. The molecule has 0 aliphatic heterocycles. The van der Waals surface area contributed by atoms with Crippen molar-refractivity contribution in [3.63, 3.8) is 0 Å². The molecule has 0 aliphatic carbocycles. The Balaban J connectivity index is 1.83. The van der Waals surface area contributed by atoms with Crippen molar-refractivity contribution in [2.24, 2.45) is 0 Å². The highest BCUT2D eigenvalue weighted by Crippen LogP contribution is 2.16. The number of hydrogen-bond donors (Lipinski definition) is 1. The summed E-state index contributed by atoms with van der Waals surface area (Å²) in [5.74, 6) is 2.08. The maximum absolute atomic E-state index is 5.23. The fourth-order valence-corrected chi connectivity index (χ4v) is 1.49. The highest BCUT2D eigenvalue weighted by atomic mass is 79.9. The van der Waals surface area contributed by atoms with Crippen molar-refractivity contribution in [2.75, 3.05) is 0 Å². The van der Waals surface area contributed by atoms with Gasteiger partial charge in [0.2, 0.25) is 5.89 Å². The van der Waals surface area contributed by atoms with Crippen LogP contribution in [0.5, 0.6) is 0 Å². The molecule has 2 aromatic heterocycles. The van der Waals surface area contributed by atoms with Gasteiger partial charge in [0, 0.05) is 6.92 Å². The first kappa shape index (κ1) is 10.4. The van der Waals surface area contributed by atoms with Gasteiger partial charge in [0.25, 0.3) is 0 Å². The number of rotatable bonds is 4. The van der Waals surface area contributed by atoms with Gasteiger partial charge in [-0.1, -0.05) is 5.16 Å². The standard InChI is InChI=1S/C9H10BrN3O2/c1-6-12-9(13-15-6)5-11-4-8-7(10)2-3-14-8/h2-3,11H,4-5H2,1H3. The van der Waals surface area contributed by atoms with E-state index in [1.54, 1.807) is 13.2 Å². The minimum absolute atomic E-state index is 0.560. The van der Waals surface area contributed by atoms with E-state index in [2.05, 4.69) is 31.4 Å². The van der Waals surface area contributed by atoms with Crippen molar-refractivity contribution in [3.8, 4) is 0 Å². The fourth-order valence-electron chi connectivity index (χ4n) is 1.15. The van der Waals surface area contributed by atoms with Crippen LogP contribution >= 0.6 is 15.9 Å². The van der Waals surface area contributed by atoms with Crippen LogP contribution in [0.2, 0.25) is 0 Å². The summed E-state index contributed by atoms with van der Waals surface area (Å²) in [6.45, 7) is 2.95. The molecule has 80 valence electrons. The lowest BCUT2D eigenvalue weighted by Crippen LogP contribution is -2.13. The Hall–Kier alpha value is -1.14. The van der Waals surface area contributed by atoms with Gasteiger partial charge < -0.3 is 14.3 Å². The molecule has 0 saturated heterocycles. The summed E-state index contributed by atoms with van der Waals surface area (Å²) in [6.07, 6.45) is 1.64. The summed E-state index contributed by atoms with van der Waals surface area (Å²) in [5, 5.41) is 6.92. The van der Waals surface area contributed by atoms with Crippen LogP contribution in [0.3, 0.4) is 0 Å². The SMILES string of the molecule is Cc1nc(CNCc2occc2Br)no1. The number of nitrogens with zero attached hydrogens (tertiary/aromatic N) is 2. The summed E-state index contributed by atoms with van der Waals surface area (Å²) in [6, 6.07) is 1.86. The molecular formula is C9H10BrN3O2. The predicted octanol–water partition coefficient (Wildman–Crippen LogP) is 2.02. The average Bonchev–Trinajstić information content (AvgIpc) is 2.77. The van der Waals surface area contributed by atoms with Crippen LogP contribution in [0.15, 0.2) is 25.7 Å². The quantitative estimate of drug-likeness (QED) is 0.922. The molecule has 0 atom stereocenters. The number of furan rings is 1. The molecule has 6 heteroatoms. The summed E-state index contributed by atoms with van der Waals surface area (Å²) >= 11 is 3.37. The molecule has 0 fully saturated rings. The van der Waals surface area contributed by atoms with Gasteiger partial charge in [-0.2, -0.15) is 4.98 Å². The highest BCUT2D eigenvalue weighted by molar-refractivity contribution is 9.10. The van der Waals surface area contributed by atoms with Gasteiger partial charge >= 0.3 is 0 Å². The molecule has 1 N–H and O–H groups in total. The van der Waals surface area contributed by atoms with Gasteiger partial charge in [-0.05, 0) is 22.0 Å². The molecule has 0 aliphatic rings. The van der Waals surface area contributed by atoms with Gasteiger partial charge in [0.15, 0.2) is 5.82 Å². The molecule has 2 aromatic rings. The maximum atomic E-state index is 5.23. The Morgan fingerprint density at radius 3 is 2.93 bits per heavy atom. The molecular weight excluding hydrogens is 262 g/mol. The van der Waals surface area contributed by atoms with Crippen LogP contribution < -0.4 is 5.32 Å². The molecule has 0 saturated carbocycles. The zero-order valence-electron chi connectivity index (χ0n) is 8.16. The van der Waals surface area contributed by atoms with Gasteiger partial charge in [0.1, 0.15) is 5.76 Å². The van der Waals surface area contributed by atoms with Gasteiger partial charge in [-0.3, -0.25) is 0 Å². The van der Waals surface area contributed by atoms with Crippen molar-refractivity contribution >= 4 is 15.9 Å². The van der Waals surface area contributed by atoms with E-state index in [4.69, 9.17) is 8.94 Å². The molecule has 2 heterocycles. The Kier molecular flexibility index (Phi) is 3.17.